The van der Waals surface area contributed by atoms with Crippen molar-refractivity contribution in [2.45, 2.75) is 39.5 Å². The normalized spacial score (nSPS) is 12.6. The number of carbonyl (C=O) groups is 3. The van der Waals surface area contributed by atoms with Crippen molar-refractivity contribution in [3.63, 3.8) is 0 Å². The summed E-state index contributed by atoms with van der Waals surface area (Å²) >= 11 is 0. The van der Waals surface area contributed by atoms with E-state index in [0.29, 0.717) is 12.5 Å². The fraction of sp³-hybridized carbons (Fsp3) is 0.786. The number of alkyl halides is 3. The molecule has 0 aromatic heterocycles. The van der Waals surface area contributed by atoms with Crippen molar-refractivity contribution >= 4 is 17.8 Å². The van der Waals surface area contributed by atoms with Gasteiger partial charge in [0.15, 0.2) is 12.7 Å². The molecule has 0 aliphatic rings. The van der Waals surface area contributed by atoms with E-state index in [4.69, 9.17) is 4.74 Å². The van der Waals surface area contributed by atoms with Crippen LogP contribution in [0.3, 0.4) is 0 Å². The summed E-state index contributed by atoms with van der Waals surface area (Å²) in [6.45, 7) is 3.08. The van der Waals surface area contributed by atoms with Gasteiger partial charge in [-0.1, -0.05) is 13.8 Å². The van der Waals surface area contributed by atoms with Crippen molar-refractivity contribution in [3.05, 3.63) is 0 Å². The number of nitrogens with one attached hydrogen (secondary N) is 2. The molecule has 0 spiro atoms. The predicted octanol–water partition coefficient (Wildman–Crippen LogP) is 0.776. The largest absolute Gasteiger partial charge is 0.454 e. The van der Waals surface area contributed by atoms with Gasteiger partial charge in [0.25, 0.3) is 5.91 Å². The number of amides is 2. The van der Waals surface area contributed by atoms with Crippen LogP contribution in [0.2, 0.25) is 0 Å². The smallest absolute Gasteiger partial charge is 0.405 e. The van der Waals surface area contributed by atoms with E-state index >= 15 is 0 Å². The van der Waals surface area contributed by atoms with Crippen LogP contribution in [0.1, 0.15) is 27.2 Å². The Morgan fingerprint density at radius 1 is 1.04 bits per heavy atom. The summed E-state index contributed by atoms with van der Waals surface area (Å²) in [5, 5.41) is 3.62. The zero-order valence-electron chi connectivity index (χ0n) is 13.9. The average molecular weight is 356 g/mol. The van der Waals surface area contributed by atoms with E-state index in [1.807, 2.05) is 19.2 Å². The maximum atomic E-state index is 11.9. The van der Waals surface area contributed by atoms with E-state index in [1.54, 1.807) is 5.32 Å². The molecule has 7 nitrogen and oxygen atoms in total. The lowest BCUT2D eigenvalue weighted by Crippen LogP contribution is -2.42. The number of carbonyl (C=O) groups excluding carboxylic acids is 3. The Morgan fingerprint density at radius 3 is 2.21 bits per heavy atom. The van der Waals surface area contributed by atoms with Crippen molar-refractivity contribution in [2.75, 3.05) is 26.3 Å². The minimum Gasteiger partial charge on any atom is -0.454 e. The maximum absolute atomic E-state index is 11.9. The SMILES string of the molecule is CC(C)CCOC(C)C(=O)OCC(=O)NCC(=O)NCC(F)(F)F. The Morgan fingerprint density at radius 2 is 1.67 bits per heavy atom. The van der Waals surface area contributed by atoms with E-state index in [1.165, 1.54) is 6.92 Å². The van der Waals surface area contributed by atoms with Gasteiger partial charge in [0.05, 0.1) is 6.54 Å². The zero-order valence-corrected chi connectivity index (χ0v) is 13.9. The molecule has 0 aromatic rings. The Balaban J connectivity index is 3.88. The summed E-state index contributed by atoms with van der Waals surface area (Å²) in [5.74, 6) is -2.13. The standard InChI is InChI=1S/C14H23F3N2O5/c1-9(2)4-5-23-10(3)13(22)24-7-12(21)18-6-11(20)19-8-14(15,16)17/h9-10H,4-8H2,1-3H3,(H,18,21)(H,19,20). The molecule has 1 atom stereocenters. The number of rotatable bonds is 10. The Kier molecular flexibility index (Phi) is 10.0. The fourth-order valence-electron chi connectivity index (χ4n) is 1.29. The Labute approximate surface area is 138 Å². The first-order valence-corrected chi connectivity index (χ1v) is 7.39. The van der Waals surface area contributed by atoms with Crippen molar-refractivity contribution in [2.24, 2.45) is 5.92 Å². The molecule has 0 rings (SSSR count). The third-order valence-corrected chi connectivity index (χ3v) is 2.67. The van der Waals surface area contributed by atoms with Gasteiger partial charge >= 0.3 is 12.1 Å². The van der Waals surface area contributed by atoms with Gasteiger partial charge in [-0.2, -0.15) is 13.2 Å². The van der Waals surface area contributed by atoms with Crippen LogP contribution in [0.15, 0.2) is 0 Å². The molecule has 0 radical (unpaired) electrons. The lowest BCUT2D eigenvalue weighted by molar-refractivity contribution is -0.159. The van der Waals surface area contributed by atoms with Crippen LogP contribution in [0.4, 0.5) is 13.2 Å². The molecule has 1 unspecified atom stereocenters. The van der Waals surface area contributed by atoms with Crippen LogP contribution >= 0.6 is 0 Å². The molecular formula is C14H23F3N2O5. The predicted molar refractivity (Wildman–Crippen MR) is 77.9 cm³/mol. The van der Waals surface area contributed by atoms with Crippen LogP contribution in [0.5, 0.6) is 0 Å². The molecule has 0 heterocycles. The van der Waals surface area contributed by atoms with Crippen LogP contribution in [0.25, 0.3) is 0 Å². The highest BCUT2D eigenvalue weighted by molar-refractivity contribution is 5.86. The van der Waals surface area contributed by atoms with Gasteiger partial charge in [-0.25, -0.2) is 4.79 Å². The van der Waals surface area contributed by atoms with Gasteiger partial charge in [0, 0.05) is 6.61 Å². The summed E-state index contributed by atoms with van der Waals surface area (Å²) in [4.78, 5) is 34.0. The highest BCUT2D eigenvalue weighted by Crippen LogP contribution is 2.11. The summed E-state index contributed by atoms with van der Waals surface area (Å²) in [6, 6.07) is 0. The fourth-order valence-corrected chi connectivity index (χ4v) is 1.29. The van der Waals surface area contributed by atoms with Gasteiger partial charge in [0.2, 0.25) is 5.91 Å². The highest BCUT2D eigenvalue weighted by atomic mass is 19.4. The third-order valence-electron chi connectivity index (χ3n) is 2.67. The molecule has 0 aliphatic carbocycles. The van der Waals surface area contributed by atoms with E-state index in [0.717, 1.165) is 6.42 Å². The van der Waals surface area contributed by atoms with Crippen LogP contribution in [0, 0.1) is 5.92 Å². The summed E-state index contributed by atoms with van der Waals surface area (Å²) in [5.41, 5.74) is 0. The van der Waals surface area contributed by atoms with Crippen molar-refractivity contribution in [1.29, 1.82) is 0 Å². The second kappa shape index (κ2) is 10.8. The highest BCUT2D eigenvalue weighted by Gasteiger charge is 2.27. The van der Waals surface area contributed by atoms with E-state index in [-0.39, 0.29) is 0 Å². The lowest BCUT2D eigenvalue weighted by atomic mass is 10.1. The molecule has 0 aromatic carbocycles. The van der Waals surface area contributed by atoms with E-state index in [9.17, 15) is 27.6 Å². The number of ether oxygens (including phenoxy) is 2. The molecule has 0 saturated carbocycles. The van der Waals surface area contributed by atoms with Crippen LogP contribution < -0.4 is 10.6 Å². The zero-order chi connectivity index (χ0) is 18.8. The maximum Gasteiger partial charge on any atom is 0.405 e. The molecule has 24 heavy (non-hydrogen) atoms. The first-order chi connectivity index (χ1) is 11.0. The van der Waals surface area contributed by atoms with E-state index < -0.39 is 49.8 Å². The molecule has 2 N–H and O–H groups in total. The number of halogens is 3. The number of hydrogen-bond donors (Lipinski definition) is 2. The quantitative estimate of drug-likeness (QED) is 0.564. The molecule has 0 fully saturated rings. The van der Waals surface area contributed by atoms with Gasteiger partial charge in [-0.15, -0.1) is 0 Å². The second-order valence-corrected chi connectivity index (χ2v) is 5.47. The van der Waals surface area contributed by atoms with Gasteiger partial charge < -0.3 is 20.1 Å². The first kappa shape index (κ1) is 22.2. The van der Waals surface area contributed by atoms with Gasteiger partial charge in [0.1, 0.15) is 6.54 Å². The molecule has 10 heteroatoms. The van der Waals surface area contributed by atoms with Crippen LogP contribution in [-0.4, -0.2) is 56.4 Å². The molecule has 2 amide bonds. The van der Waals surface area contributed by atoms with Crippen molar-refractivity contribution < 1.29 is 37.0 Å². The number of hydrogen-bond acceptors (Lipinski definition) is 5. The third kappa shape index (κ3) is 12.7. The summed E-state index contributed by atoms with van der Waals surface area (Å²) in [7, 11) is 0. The summed E-state index contributed by atoms with van der Waals surface area (Å²) in [6.07, 6.45) is -4.60. The van der Waals surface area contributed by atoms with Crippen molar-refractivity contribution in [3.8, 4) is 0 Å². The molecule has 140 valence electrons. The topological polar surface area (TPSA) is 93.7 Å². The minimum atomic E-state index is -4.53. The van der Waals surface area contributed by atoms with Crippen LogP contribution in [-0.2, 0) is 23.9 Å². The van der Waals surface area contributed by atoms with Gasteiger partial charge in [-0.05, 0) is 19.3 Å². The second-order valence-electron chi connectivity index (χ2n) is 5.47. The molecular weight excluding hydrogens is 333 g/mol. The Bertz CT molecular complexity index is 427. The lowest BCUT2D eigenvalue weighted by Gasteiger charge is -2.13. The molecule has 0 saturated heterocycles. The molecule has 0 aliphatic heterocycles. The molecule has 0 bridgehead atoms. The Hall–Kier alpha value is -1.84. The average Bonchev–Trinajstić information content (AvgIpc) is 2.47. The monoisotopic (exact) mass is 356 g/mol. The number of esters is 1. The van der Waals surface area contributed by atoms with Crippen molar-refractivity contribution in [1.82, 2.24) is 10.6 Å². The minimum absolute atomic E-state index is 0.375. The van der Waals surface area contributed by atoms with E-state index in [2.05, 4.69) is 4.74 Å². The summed E-state index contributed by atoms with van der Waals surface area (Å²) < 4.78 is 45.5. The first-order valence-electron chi connectivity index (χ1n) is 7.39. The van der Waals surface area contributed by atoms with Gasteiger partial charge in [-0.3, -0.25) is 9.59 Å².